The molecule has 6 N–H and O–H groups in total. The monoisotopic (exact) mass is 1340 g/mol. The van der Waals surface area contributed by atoms with E-state index < -0.39 is 36.0 Å². The Balaban J connectivity index is 0.00000141. The minimum atomic E-state index is -0.678. The molecule has 1 aromatic carbocycles. The molecule has 0 spiro atoms. The summed E-state index contributed by atoms with van der Waals surface area (Å²) in [7, 11) is 5.42. The summed E-state index contributed by atoms with van der Waals surface area (Å²) >= 11 is 0. The number of carbonyl (C=O) groups is 11. The second kappa shape index (κ2) is 54.9. The number of unbranched alkanes of at least 4 members (excludes halogenated alkanes) is 7. The van der Waals surface area contributed by atoms with E-state index in [2.05, 4.69) is 59.6 Å². The minimum Gasteiger partial charge on any atom is -0.465 e. The number of esters is 5. The normalized spacial score (nSPS) is 15.1. The number of hydrogen-bond donors (Lipinski definition) is 6. The number of rotatable bonds is 49. The van der Waals surface area contributed by atoms with Gasteiger partial charge in [-0.25, -0.2) is 14.4 Å². The van der Waals surface area contributed by atoms with Crippen LogP contribution in [0.25, 0.3) is 0 Å². The van der Waals surface area contributed by atoms with Crippen molar-refractivity contribution in [2.45, 2.75) is 299 Å². The molecule has 2 rings (SSSR count). The molecule has 0 radical (unpaired) electrons. The zero-order chi connectivity index (χ0) is 71.5. The van der Waals surface area contributed by atoms with Crippen molar-refractivity contribution in [3.05, 3.63) is 35.9 Å². The zero-order valence-corrected chi connectivity index (χ0v) is 60.7. The highest BCUT2D eigenvalue weighted by Crippen LogP contribution is 2.26. The lowest BCUT2D eigenvalue weighted by Gasteiger charge is -2.30. The van der Waals surface area contributed by atoms with Crippen LogP contribution in [0.1, 0.15) is 255 Å². The molecule has 3 amide bonds. The average molecular weight is 1340 g/mol. The maximum absolute atomic E-state index is 12.8. The Morgan fingerprint density at radius 1 is 0.389 bits per heavy atom. The van der Waals surface area contributed by atoms with Crippen LogP contribution in [0.4, 0.5) is 0 Å². The SMILES string of the molecule is CNC(CC(C)C)C(=O)OC1CCC(OC(=O)C(CC(C)C)NC(=O)CCCCC(C)=O)CC1.CNC(CC(C)C)C(=O)OCCCCCCOC(=O)C(CC(C)C)NC(=O)CCCCC(C)=O.CNCCCCC(NC(=O)CCCCC(C)=O)C(=O)OCc1ccccc1. The van der Waals surface area contributed by atoms with E-state index >= 15 is 0 Å². The number of Topliss-reactive ketones (excluding diaryl/α,β-unsaturated/α-hetero) is 3. The summed E-state index contributed by atoms with van der Waals surface area (Å²) in [4.78, 5) is 132. The fourth-order valence-corrected chi connectivity index (χ4v) is 10.3. The molecule has 0 saturated heterocycles. The van der Waals surface area contributed by atoms with E-state index in [0.717, 1.165) is 63.5 Å². The van der Waals surface area contributed by atoms with Gasteiger partial charge in [0.1, 0.15) is 66.4 Å². The second-order valence-corrected chi connectivity index (χ2v) is 27.0. The summed E-state index contributed by atoms with van der Waals surface area (Å²) in [6.45, 7) is 22.6. The van der Waals surface area contributed by atoms with Crippen LogP contribution in [0.3, 0.4) is 0 Å². The molecule has 1 aromatic rings. The fraction of sp³-hybridized carbons (Fsp3) is 0.767. The van der Waals surface area contributed by atoms with Gasteiger partial charge in [0.05, 0.1) is 13.2 Å². The molecular weight excluding hydrogens is 1220 g/mol. The molecule has 0 aromatic heterocycles. The first-order valence-electron chi connectivity index (χ1n) is 35.4. The van der Waals surface area contributed by atoms with Gasteiger partial charge >= 0.3 is 29.8 Å². The number of benzene rings is 1. The molecule has 1 aliphatic carbocycles. The molecular formula is C73H126N6O16. The zero-order valence-electron chi connectivity index (χ0n) is 60.7. The van der Waals surface area contributed by atoms with Crippen LogP contribution in [0.5, 0.6) is 0 Å². The predicted octanol–water partition coefficient (Wildman–Crippen LogP) is 10.4. The Morgan fingerprint density at radius 3 is 1.11 bits per heavy atom. The Bertz CT molecular complexity index is 2340. The maximum atomic E-state index is 12.8. The van der Waals surface area contributed by atoms with Gasteiger partial charge in [0.15, 0.2) is 0 Å². The number of carbonyl (C=O) groups excluding carboxylic acids is 11. The molecule has 1 fully saturated rings. The fourth-order valence-electron chi connectivity index (χ4n) is 10.3. The van der Waals surface area contributed by atoms with Crippen molar-refractivity contribution in [1.82, 2.24) is 31.9 Å². The maximum Gasteiger partial charge on any atom is 0.328 e. The van der Waals surface area contributed by atoms with E-state index in [1.165, 1.54) is 13.8 Å². The van der Waals surface area contributed by atoms with Gasteiger partial charge in [-0.05, 0) is 213 Å². The van der Waals surface area contributed by atoms with E-state index in [1.54, 1.807) is 21.0 Å². The second-order valence-electron chi connectivity index (χ2n) is 27.0. The Morgan fingerprint density at radius 2 is 0.726 bits per heavy atom. The summed E-state index contributed by atoms with van der Waals surface area (Å²) in [6, 6.07) is 6.94. The van der Waals surface area contributed by atoms with Crippen molar-refractivity contribution in [3.8, 4) is 0 Å². The quantitative estimate of drug-likeness (QED) is 0.0201. The molecule has 95 heavy (non-hydrogen) atoms. The van der Waals surface area contributed by atoms with E-state index in [1.807, 2.05) is 65.1 Å². The van der Waals surface area contributed by atoms with Crippen LogP contribution >= 0.6 is 0 Å². The topological polar surface area (TPSA) is 306 Å². The third-order valence-electron chi connectivity index (χ3n) is 15.6. The number of ether oxygens (including phenoxy) is 5. The Hall–Kier alpha value is -6.13. The van der Waals surface area contributed by atoms with Crippen LogP contribution in [0.15, 0.2) is 30.3 Å². The highest BCUT2D eigenvalue weighted by molar-refractivity contribution is 5.86. The van der Waals surface area contributed by atoms with Crippen molar-refractivity contribution in [2.24, 2.45) is 23.7 Å². The van der Waals surface area contributed by atoms with Gasteiger partial charge in [-0.2, -0.15) is 0 Å². The van der Waals surface area contributed by atoms with Gasteiger partial charge in [-0.3, -0.25) is 24.0 Å². The van der Waals surface area contributed by atoms with E-state index in [4.69, 9.17) is 23.7 Å². The van der Waals surface area contributed by atoms with Gasteiger partial charge < -0.3 is 70.0 Å². The first-order valence-corrected chi connectivity index (χ1v) is 35.4. The summed E-state index contributed by atoms with van der Waals surface area (Å²) in [5.41, 5.74) is 0.912. The van der Waals surface area contributed by atoms with Crippen LogP contribution in [-0.4, -0.2) is 148 Å². The molecule has 22 heteroatoms. The Kier molecular flexibility index (Phi) is 51.4. The van der Waals surface area contributed by atoms with E-state index in [9.17, 15) is 52.7 Å². The highest BCUT2D eigenvalue weighted by atomic mass is 16.6. The molecule has 5 atom stereocenters. The number of likely N-dealkylation sites (N-methyl/N-ethyl adjacent to an activating group) is 2. The molecule has 544 valence electrons. The van der Waals surface area contributed by atoms with Crippen molar-refractivity contribution in [3.63, 3.8) is 0 Å². The molecule has 1 aliphatic rings. The summed E-state index contributed by atoms with van der Waals surface area (Å²) < 4.78 is 27.6. The van der Waals surface area contributed by atoms with Gasteiger partial charge in [0.2, 0.25) is 17.7 Å². The minimum absolute atomic E-state index is 0.114. The van der Waals surface area contributed by atoms with Crippen molar-refractivity contribution in [1.29, 1.82) is 0 Å². The Labute approximate surface area is 570 Å². The smallest absolute Gasteiger partial charge is 0.328 e. The molecule has 22 nitrogen and oxygen atoms in total. The number of amides is 3. The first kappa shape index (κ1) is 88.9. The molecule has 0 heterocycles. The molecule has 0 bridgehead atoms. The predicted molar refractivity (Wildman–Crippen MR) is 369 cm³/mol. The van der Waals surface area contributed by atoms with Gasteiger partial charge in [0.25, 0.3) is 0 Å². The molecule has 0 aliphatic heterocycles. The summed E-state index contributed by atoms with van der Waals surface area (Å²) in [6.07, 6.45) is 16.4. The van der Waals surface area contributed by atoms with E-state index in [-0.39, 0.29) is 96.2 Å². The number of ketones is 3. The summed E-state index contributed by atoms with van der Waals surface area (Å²) in [5, 5.41) is 17.5. The largest absolute Gasteiger partial charge is 0.465 e. The van der Waals surface area contributed by atoms with Crippen LogP contribution < -0.4 is 31.9 Å². The summed E-state index contributed by atoms with van der Waals surface area (Å²) in [5.74, 6) is -0.566. The van der Waals surface area contributed by atoms with Crippen LogP contribution in [-0.2, 0) is 83.0 Å². The van der Waals surface area contributed by atoms with E-state index in [0.29, 0.717) is 141 Å². The van der Waals surface area contributed by atoms with Crippen LogP contribution in [0.2, 0.25) is 0 Å². The van der Waals surface area contributed by atoms with Crippen LogP contribution in [0, 0.1) is 23.7 Å². The third-order valence-corrected chi connectivity index (χ3v) is 15.6. The number of hydrogen-bond acceptors (Lipinski definition) is 19. The van der Waals surface area contributed by atoms with Gasteiger partial charge in [0, 0.05) is 38.5 Å². The lowest BCUT2D eigenvalue weighted by Crippen LogP contribution is -2.44. The highest BCUT2D eigenvalue weighted by Gasteiger charge is 2.32. The van der Waals surface area contributed by atoms with Gasteiger partial charge in [-0.1, -0.05) is 85.7 Å². The van der Waals surface area contributed by atoms with Crippen molar-refractivity contribution < 1.29 is 76.4 Å². The van der Waals surface area contributed by atoms with Crippen molar-refractivity contribution in [2.75, 3.05) is 40.9 Å². The lowest BCUT2D eigenvalue weighted by atomic mass is 9.94. The standard InChI is InChI=1S/C26H46N2O6.C26H48N2O6.C21H32N2O4/c1-17(2)15-22(27-6)25(31)33-20-11-13-21(14-12-20)34-26(32)23(16-18(3)4)28-24(30)10-8-7-9-19(5)29;1-19(2)17-22(27-6)25(31)33-15-11-7-8-12-16-34-26(32)23(18-20(3)4)28-24(30)14-10-9-13-21(5)29;1-17(24)10-6-7-14-20(25)23-19(13-8-9-15-22-2)21(26)27-16-18-11-4-3-5-12-18/h17-18,20-23,27H,7-16H2,1-6H3,(H,28,30);19-20,22-23,27H,7-18H2,1-6H3,(H,28,30);3-5,11-12,19,22H,6-10,13-16H2,1-2H3,(H,23,25). The molecule has 1 saturated carbocycles. The average Bonchev–Trinajstić information content (AvgIpc) is 1.16. The molecule has 5 unspecified atom stereocenters. The third kappa shape index (κ3) is 49.1. The first-order chi connectivity index (χ1) is 45.1. The lowest BCUT2D eigenvalue weighted by molar-refractivity contribution is -0.161. The van der Waals surface area contributed by atoms with Gasteiger partial charge in [-0.15, -0.1) is 0 Å². The van der Waals surface area contributed by atoms with Crippen molar-refractivity contribution >= 4 is 64.9 Å². The number of nitrogens with one attached hydrogen (secondary N) is 6.